The van der Waals surface area contributed by atoms with Gasteiger partial charge in [-0.1, -0.05) is 12.1 Å². The molecule has 1 heterocycles. The monoisotopic (exact) mass is 366 g/mol. The van der Waals surface area contributed by atoms with Crippen LogP contribution in [0, 0.1) is 0 Å². The van der Waals surface area contributed by atoms with E-state index < -0.39 is 29.8 Å². The van der Waals surface area contributed by atoms with Crippen molar-refractivity contribution in [3.05, 3.63) is 35.4 Å². The molecule has 0 aliphatic carbocycles. The van der Waals surface area contributed by atoms with Gasteiger partial charge < -0.3 is 15.8 Å². The first-order valence-electron chi connectivity index (χ1n) is 6.45. The first-order valence-corrected chi connectivity index (χ1v) is 6.45. The van der Waals surface area contributed by atoms with Gasteiger partial charge in [-0.25, -0.2) is 4.79 Å². The van der Waals surface area contributed by atoms with E-state index in [4.69, 9.17) is 5.73 Å². The molecule has 0 saturated heterocycles. The highest BCUT2D eigenvalue weighted by molar-refractivity contribution is 5.96. The van der Waals surface area contributed by atoms with Gasteiger partial charge >= 0.3 is 17.8 Å². The van der Waals surface area contributed by atoms with Crippen LogP contribution in [-0.2, 0) is 15.2 Å². The third-order valence-electron chi connectivity index (χ3n) is 3.27. The Morgan fingerprint density at radius 3 is 2.21 bits per heavy atom. The molecule has 2 rings (SSSR count). The second-order valence-corrected chi connectivity index (χ2v) is 4.73. The fraction of sp³-hybridized carbons (Fsp3) is 0.385. The van der Waals surface area contributed by atoms with E-state index in [-0.39, 0.29) is 30.1 Å². The van der Waals surface area contributed by atoms with Crippen molar-refractivity contribution in [1.29, 1.82) is 0 Å². The van der Waals surface area contributed by atoms with Crippen LogP contribution < -0.4 is 11.1 Å². The summed E-state index contributed by atoms with van der Waals surface area (Å²) >= 11 is 0. The maximum atomic E-state index is 12.9. The van der Waals surface area contributed by atoms with Crippen LogP contribution in [0.15, 0.2) is 34.5 Å². The summed E-state index contributed by atoms with van der Waals surface area (Å²) in [6.07, 6.45) is -4.63. The number of hydrogen-bond acceptors (Lipinski definition) is 6. The largest absolute Gasteiger partial charge is 0.467 e. The van der Waals surface area contributed by atoms with Crippen LogP contribution in [0.2, 0.25) is 0 Å². The molecule has 24 heavy (non-hydrogen) atoms. The molecule has 0 unspecified atom stereocenters. The van der Waals surface area contributed by atoms with Gasteiger partial charge in [0.1, 0.15) is 6.04 Å². The Hall–Kier alpha value is -2.20. The maximum absolute atomic E-state index is 12.9. The molecule has 0 radical (unpaired) electrons. The lowest BCUT2D eigenvalue weighted by molar-refractivity contribution is -0.166. The Kier molecular flexibility index (Phi) is 5.90. The molecule has 0 spiro atoms. The van der Waals surface area contributed by atoms with Crippen molar-refractivity contribution >= 4 is 24.3 Å². The molecule has 1 aromatic carbocycles. The average Bonchev–Trinajstić information content (AvgIpc) is 3.33. The van der Waals surface area contributed by atoms with Crippen molar-refractivity contribution in [1.82, 2.24) is 5.32 Å². The predicted octanol–water partition coefficient (Wildman–Crippen LogP) is 1.52. The third-order valence-corrected chi connectivity index (χ3v) is 3.27. The molecule has 0 aromatic heterocycles. The predicted molar refractivity (Wildman–Crippen MR) is 78.6 cm³/mol. The molecule has 11 heteroatoms. The summed E-state index contributed by atoms with van der Waals surface area (Å²) in [5.41, 5.74) is 2.69. The molecule has 1 atom stereocenters. The Labute approximate surface area is 140 Å². The maximum Gasteiger partial charge on any atom is 0.442 e. The van der Waals surface area contributed by atoms with Crippen LogP contribution in [0.4, 0.5) is 13.2 Å². The number of methoxy groups -OCH3 is 1. The van der Waals surface area contributed by atoms with Crippen LogP contribution in [-0.4, -0.2) is 37.7 Å². The van der Waals surface area contributed by atoms with Gasteiger partial charge in [-0.3, -0.25) is 4.79 Å². The normalized spacial score (nSPS) is 15.9. The van der Waals surface area contributed by atoms with E-state index in [2.05, 4.69) is 20.3 Å². The summed E-state index contributed by atoms with van der Waals surface area (Å²) in [5, 5.41) is 8.47. The third kappa shape index (κ3) is 3.65. The molecule has 132 valence electrons. The van der Waals surface area contributed by atoms with Gasteiger partial charge in [0.25, 0.3) is 5.91 Å². The zero-order chi connectivity index (χ0) is 17.3. The lowest BCUT2D eigenvalue weighted by Crippen LogP contribution is -2.46. The Morgan fingerprint density at radius 1 is 1.29 bits per heavy atom. The molecular formula is C13H14ClF3N4O3. The summed E-state index contributed by atoms with van der Waals surface area (Å²) in [6.45, 7) is -0.175. The molecule has 0 fully saturated rings. The number of alkyl halides is 3. The van der Waals surface area contributed by atoms with Gasteiger partial charge in [-0.05, 0) is 12.1 Å². The number of nitrogens with zero attached hydrogens (tertiary/aromatic N) is 2. The number of carbonyl (C=O) groups is 2. The van der Waals surface area contributed by atoms with Gasteiger partial charge in [-0.15, -0.1) is 22.6 Å². The number of nitrogens with one attached hydrogen (secondary N) is 1. The summed E-state index contributed by atoms with van der Waals surface area (Å²) in [6, 6.07) is 3.55. The smallest absolute Gasteiger partial charge is 0.442 e. The highest BCUT2D eigenvalue weighted by Gasteiger charge is 2.65. The summed E-state index contributed by atoms with van der Waals surface area (Å²) in [5.74, 6) is -1.38. The Balaban J connectivity index is 0.00000288. The van der Waals surface area contributed by atoms with E-state index in [1.807, 2.05) is 0 Å². The minimum Gasteiger partial charge on any atom is -0.467 e. The van der Waals surface area contributed by atoms with Crippen LogP contribution in [0.3, 0.4) is 0 Å². The molecule has 7 nitrogen and oxygen atoms in total. The van der Waals surface area contributed by atoms with Crippen molar-refractivity contribution in [2.75, 3.05) is 13.7 Å². The number of ether oxygens (including phenoxy) is 1. The molecule has 1 amide bonds. The van der Waals surface area contributed by atoms with Crippen LogP contribution in [0.25, 0.3) is 0 Å². The summed E-state index contributed by atoms with van der Waals surface area (Å²) in [7, 11) is 1.14. The van der Waals surface area contributed by atoms with Gasteiger partial charge in [0.15, 0.2) is 0 Å². The molecule has 1 aromatic rings. The van der Waals surface area contributed by atoms with E-state index in [9.17, 15) is 22.8 Å². The summed E-state index contributed by atoms with van der Waals surface area (Å²) < 4.78 is 43.0. The summed E-state index contributed by atoms with van der Waals surface area (Å²) in [4.78, 5) is 23.3. The SMILES string of the molecule is COC(=O)[C@@H](CN)NC(=O)c1ccc(C2(C(F)(F)F)N=N2)cc1.Cl. The van der Waals surface area contributed by atoms with Crippen LogP contribution in [0.5, 0.6) is 0 Å². The van der Waals surface area contributed by atoms with Gasteiger partial charge in [-0.2, -0.15) is 13.2 Å². The Bertz CT molecular complexity index is 643. The first-order chi connectivity index (χ1) is 10.7. The van der Waals surface area contributed by atoms with Crippen LogP contribution in [0.1, 0.15) is 15.9 Å². The average molecular weight is 367 g/mol. The molecule has 0 bridgehead atoms. The van der Waals surface area contributed by atoms with Crippen molar-refractivity contribution in [2.24, 2.45) is 16.0 Å². The topological polar surface area (TPSA) is 106 Å². The van der Waals surface area contributed by atoms with Crippen molar-refractivity contribution < 1.29 is 27.5 Å². The van der Waals surface area contributed by atoms with E-state index in [1.165, 1.54) is 12.1 Å². The molecule has 1 aliphatic rings. The molecular weight excluding hydrogens is 353 g/mol. The number of amides is 1. The van der Waals surface area contributed by atoms with E-state index >= 15 is 0 Å². The number of rotatable bonds is 5. The first kappa shape index (κ1) is 19.8. The minimum atomic E-state index is -4.63. The number of esters is 1. The van der Waals surface area contributed by atoms with Crippen molar-refractivity contribution in [2.45, 2.75) is 17.9 Å². The minimum absolute atomic E-state index is 0. The number of nitrogens with two attached hydrogens (primary N) is 1. The number of halogens is 4. The Morgan fingerprint density at radius 2 is 1.83 bits per heavy atom. The zero-order valence-corrected chi connectivity index (χ0v) is 13.1. The van der Waals surface area contributed by atoms with E-state index in [0.717, 1.165) is 19.2 Å². The highest BCUT2D eigenvalue weighted by atomic mass is 35.5. The van der Waals surface area contributed by atoms with Crippen molar-refractivity contribution in [3.63, 3.8) is 0 Å². The lowest BCUT2D eigenvalue weighted by Gasteiger charge is -2.16. The standard InChI is InChI=1S/C13H13F3N4O3.ClH/c1-23-11(22)9(6-17)18-10(21)7-2-4-8(5-3-7)12(19-20-12)13(14,15)16;/h2-5,9H,6,17H2,1H3,(H,18,21);1H/t9-;/m1./s1. The quantitative estimate of drug-likeness (QED) is 0.770. The molecule has 0 saturated carbocycles. The van der Waals surface area contributed by atoms with Crippen LogP contribution >= 0.6 is 12.4 Å². The number of carbonyl (C=O) groups excluding carboxylic acids is 2. The number of hydrogen-bond donors (Lipinski definition) is 2. The lowest BCUT2D eigenvalue weighted by atomic mass is 10.0. The van der Waals surface area contributed by atoms with E-state index in [0.29, 0.717) is 0 Å². The highest BCUT2D eigenvalue weighted by Crippen LogP contribution is 2.52. The van der Waals surface area contributed by atoms with Gasteiger partial charge in [0, 0.05) is 17.7 Å². The molecule has 3 N–H and O–H groups in total. The second-order valence-electron chi connectivity index (χ2n) is 4.73. The van der Waals surface area contributed by atoms with Crippen molar-refractivity contribution in [3.8, 4) is 0 Å². The fourth-order valence-electron chi connectivity index (χ4n) is 1.89. The van der Waals surface area contributed by atoms with E-state index in [1.54, 1.807) is 0 Å². The molecule has 1 aliphatic heterocycles. The fourth-order valence-corrected chi connectivity index (χ4v) is 1.89. The number of benzene rings is 1. The second kappa shape index (κ2) is 7.14. The zero-order valence-electron chi connectivity index (χ0n) is 12.3. The van der Waals surface area contributed by atoms with Gasteiger partial charge in [0.2, 0.25) is 0 Å². The van der Waals surface area contributed by atoms with Gasteiger partial charge in [0.05, 0.1) is 7.11 Å².